The quantitative estimate of drug-likeness (QED) is 0.582. The second kappa shape index (κ2) is 3.00. The Kier molecular flexibility index (Phi) is 2.09. The molecule has 0 bridgehead atoms. The Morgan fingerprint density at radius 2 is 2.23 bits per heavy atom. The lowest BCUT2D eigenvalue weighted by atomic mass is 9.64. The molecule has 0 amide bonds. The summed E-state index contributed by atoms with van der Waals surface area (Å²) >= 11 is 0. The Labute approximate surface area is 79.7 Å². The average Bonchev–Trinajstić information content (AvgIpc) is 2.41. The number of carbonyl (C=O) groups excluding carboxylic acids is 1. The highest BCUT2D eigenvalue weighted by atomic mass is 16.6. The van der Waals surface area contributed by atoms with Crippen LogP contribution < -0.4 is 0 Å². The first-order valence-electron chi connectivity index (χ1n) is 5.34. The van der Waals surface area contributed by atoms with Crippen LogP contribution in [0.2, 0.25) is 0 Å². The van der Waals surface area contributed by atoms with Gasteiger partial charge in [-0.1, -0.05) is 20.3 Å². The van der Waals surface area contributed by atoms with Crippen LogP contribution in [0.1, 0.15) is 46.0 Å². The van der Waals surface area contributed by atoms with E-state index in [-0.39, 0.29) is 17.5 Å². The standard InChI is InChI=1S/C11H18O2/c1-8(2)11-6-4-3-5-9(11)13-10(12)7-11/h8-9H,3-7H2,1-2H3/t9-,11-/m1/s1. The van der Waals surface area contributed by atoms with Gasteiger partial charge < -0.3 is 4.74 Å². The molecule has 2 atom stereocenters. The fourth-order valence-electron chi connectivity index (χ4n) is 2.94. The lowest BCUT2D eigenvalue weighted by Crippen LogP contribution is -2.38. The number of carbonyl (C=O) groups is 1. The normalized spacial score (nSPS) is 39.0. The molecule has 0 aromatic heterocycles. The average molecular weight is 182 g/mol. The van der Waals surface area contributed by atoms with E-state index in [0.29, 0.717) is 12.3 Å². The third-order valence-electron chi connectivity index (χ3n) is 3.90. The minimum atomic E-state index is 0.0283. The molecule has 0 unspecified atom stereocenters. The monoisotopic (exact) mass is 182 g/mol. The zero-order chi connectivity index (χ0) is 9.47. The molecule has 0 aromatic carbocycles. The summed E-state index contributed by atoms with van der Waals surface area (Å²) in [6.07, 6.45) is 5.66. The SMILES string of the molecule is CC(C)[C@]12CCCC[C@H]1OC(=O)C2. The number of ether oxygens (including phenoxy) is 1. The van der Waals surface area contributed by atoms with Gasteiger partial charge in [0.05, 0.1) is 6.42 Å². The molecular weight excluding hydrogens is 164 g/mol. The Bertz CT molecular complexity index is 222. The molecule has 1 saturated heterocycles. The Hall–Kier alpha value is -0.530. The van der Waals surface area contributed by atoms with E-state index < -0.39 is 0 Å². The van der Waals surface area contributed by atoms with Crippen molar-refractivity contribution >= 4 is 5.97 Å². The fraction of sp³-hybridized carbons (Fsp3) is 0.909. The molecule has 2 fully saturated rings. The first kappa shape index (κ1) is 9.04. The van der Waals surface area contributed by atoms with Crippen LogP contribution in [0.3, 0.4) is 0 Å². The van der Waals surface area contributed by atoms with Gasteiger partial charge in [-0.15, -0.1) is 0 Å². The van der Waals surface area contributed by atoms with Crippen molar-refractivity contribution in [3.63, 3.8) is 0 Å². The minimum Gasteiger partial charge on any atom is -0.462 e. The largest absolute Gasteiger partial charge is 0.462 e. The van der Waals surface area contributed by atoms with Gasteiger partial charge in [0.25, 0.3) is 0 Å². The van der Waals surface area contributed by atoms with Gasteiger partial charge in [-0.3, -0.25) is 4.79 Å². The summed E-state index contributed by atoms with van der Waals surface area (Å²) in [5.74, 6) is 0.602. The second-order valence-corrected chi connectivity index (χ2v) is 4.79. The van der Waals surface area contributed by atoms with Gasteiger partial charge in [-0.25, -0.2) is 0 Å². The van der Waals surface area contributed by atoms with E-state index >= 15 is 0 Å². The molecule has 0 aromatic rings. The van der Waals surface area contributed by atoms with Gasteiger partial charge >= 0.3 is 5.97 Å². The fourth-order valence-corrected chi connectivity index (χ4v) is 2.94. The van der Waals surface area contributed by atoms with Gasteiger partial charge in [0.1, 0.15) is 6.10 Å². The topological polar surface area (TPSA) is 26.3 Å². The lowest BCUT2D eigenvalue weighted by molar-refractivity contribution is -0.142. The van der Waals surface area contributed by atoms with Gasteiger partial charge in [0.2, 0.25) is 0 Å². The molecule has 2 aliphatic rings. The van der Waals surface area contributed by atoms with Gasteiger partial charge in [0.15, 0.2) is 0 Å². The van der Waals surface area contributed by atoms with Crippen molar-refractivity contribution < 1.29 is 9.53 Å². The van der Waals surface area contributed by atoms with Gasteiger partial charge in [0, 0.05) is 5.41 Å². The third kappa shape index (κ3) is 1.27. The first-order valence-corrected chi connectivity index (χ1v) is 5.34. The molecule has 2 nitrogen and oxygen atoms in total. The molecule has 0 radical (unpaired) electrons. The number of hydrogen-bond acceptors (Lipinski definition) is 2. The van der Waals surface area contributed by atoms with Crippen molar-refractivity contribution in [1.29, 1.82) is 0 Å². The van der Waals surface area contributed by atoms with Crippen LogP contribution in [0.5, 0.6) is 0 Å². The predicted molar refractivity (Wildman–Crippen MR) is 50.2 cm³/mol. The van der Waals surface area contributed by atoms with Crippen LogP contribution in [0, 0.1) is 11.3 Å². The number of fused-ring (bicyclic) bond motifs is 1. The molecule has 1 saturated carbocycles. The van der Waals surface area contributed by atoms with Crippen molar-refractivity contribution in [3.8, 4) is 0 Å². The first-order chi connectivity index (χ1) is 6.15. The number of rotatable bonds is 1. The van der Waals surface area contributed by atoms with Crippen molar-refractivity contribution in [2.24, 2.45) is 11.3 Å². The van der Waals surface area contributed by atoms with Crippen LogP contribution in [0.25, 0.3) is 0 Å². The summed E-state index contributed by atoms with van der Waals surface area (Å²) < 4.78 is 5.39. The molecule has 74 valence electrons. The summed E-state index contributed by atoms with van der Waals surface area (Å²) in [5.41, 5.74) is 0.190. The van der Waals surface area contributed by atoms with Crippen molar-refractivity contribution in [2.45, 2.75) is 52.1 Å². The van der Waals surface area contributed by atoms with Crippen molar-refractivity contribution in [2.75, 3.05) is 0 Å². The van der Waals surface area contributed by atoms with Crippen LogP contribution in [-0.2, 0) is 9.53 Å². The van der Waals surface area contributed by atoms with E-state index in [9.17, 15) is 4.79 Å². The second-order valence-electron chi connectivity index (χ2n) is 4.79. The molecule has 1 aliphatic carbocycles. The zero-order valence-corrected chi connectivity index (χ0v) is 8.51. The van der Waals surface area contributed by atoms with Crippen LogP contribution >= 0.6 is 0 Å². The highest BCUT2D eigenvalue weighted by Gasteiger charge is 2.51. The Balaban J connectivity index is 2.24. The summed E-state index contributed by atoms with van der Waals surface area (Å²) in [6.45, 7) is 4.44. The highest BCUT2D eigenvalue weighted by molar-refractivity contribution is 5.73. The Morgan fingerprint density at radius 1 is 1.46 bits per heavy atom. The molecule has 13 heavy (non-hydrogen) atoms. The van der Waals surface area contributed by atoms with Gasteiger partial charge in [-0.2, -0.15) is 0 Å². The maximum Gasteiger partial charge on any atom is 0.306 e. The Morgan fingerprint density at radius 3 is 2.85 bits per heavy atom. The van der Waals surface area contributed by atoms with Crippen LogP contribution in [0.15, 0.2) is 0 Å². The summed E-state index contributed by atoms with van der Waals surface area (Å²) in [5, 5.41) is 0. The van der Waals surface area contributed by atoms with Crippen molar-refractivity contribution in [1.82, 2.24) is 0 Å². The van der Waals surface area contributed by atoms with E-state index in [1.807, 2.05) is 0 Å². The lowest BCUT2D eigenvalue weighted by Gasteiger charge is -2.39. The molecule has 2 rings (SSSR count). The molecule has 1 heterocycles. The smallest absolute Gasteiger partial charge is 0.306 e. The van der Waals surface area contributed by atoms with E-state index in [4.69, 9.17) is 4.74 Å². The van der Waals surface area contributed by atoms with Crippen LogP contribution in [0.4, 0.5) is 0 Å². The molecule has 0 spiro atoms. The molecule has 2 heteroatoms. The maximum absolute atomic E-state index is 11.3. The van der Waals surface area contributed by atoms with E-state index in [1.165, 1.54) is 19.3 Å². The molecular formula is C11H18O2. The predicted octanol–water partition coefficient (Wildman–Crippen LogP) is 2.52. The molecule has 0 N–H and O–H groups in total. The van der Waals surface area contributed by atoms with Gasteiger partial charge in [-0.05, 0) is 25.2 Å². The summed E-state index contributed by atoms with van der Waals surface area (Å²) in [6, 6.07) is 0. The summed E-state index contributed by atoms with van der Waals surface area (Å²) in [4.78, 5) is 11.3. The summed E-state index contributed by atoms with van der Waals surface area (Å²) in [7, 11) is 0. The third-order valence-corrected chi connectivity index (χ3v) is 3.90. The zero-order valence-electron chi connectivity index (χ0n) is 8.51. The van der Waals surface area contributed by atoms with E-state index in [0.717, 1.165) is 6.42 Å². The molecule has 1 aliphatic heterocycles. The number of esters is 1. The maximum atomic E-state index is 11.3. The van der Waals surface area contributed by atoms with Crippen LogP contribution in [-0.4, -0.2) is 12.1 Å². The number of hydrogen-bond donors (Lipinski definition) is 0. The van der Waals surface area contributed by atoms with E-state index in [2.05, 4.69) is 13.8 Å². The highest BCUT2D eigenvalue weighted by Crippen LogP contribution is 2.50. The minimum absolute atomic E-state index is 0.0283. The van der Waals surface area contributed by atoms with E-state index in [1.54, 1.807) is 0 Å². The van der Waals surface area contributed by atoms with Crippen molar-refractivity contribution in [3.05, 3.63) is 0 Å².